The van der Waals surface area contributed by atoms with Gasteiger partial charge in [-0.05, 0) is 26.0 Å². The van der Waals surface area contributed by atoms with Gasteiger partial charge in [0.2, 0.25) is 0 Å². The maximum absolute atomic E-state index is 6.25. The predicted octanol–water partition coefficient (Wildman–Crippen LogP) is 4.59. The number of fused-ring (bicyclic) bond motifs is 2. The van der Waals surface area contributed by atoms with Crippen molar-refractivity contribution in [1.82, 2.24) is 4.98 Å². The number of hydrogen-bond donors (Lipinski definition) is 1. The number of hydrogen-bond acceptors (Lipinski definition) is 4. The molecule has 0 bridgehead atoms. The first kappa shape index (κ1) is 15.1. The highest BCUT2D eigenvalue weighted by molar-refractivity contribution is 6.34. The summed E-state index contributed by atoms with van der Waals surface area (Å²) in [7, 11) is 0. The Labute approximate surface area is 138 Å². The normalized spacial score (nSPS) is 12.3. The Bertz CT molecular complexity index is 873. The first-order valence-corrected chi connectivity index (χ1v) is 7.86. The lowest BCUT2D eigenvalue weighted by molar-refractivity contribution is 0.612. The molecule has 114 valence electrons. The van der Waals surface area contributed by atoms with Crippen LogP contribution in [0.3, 0.4) is 0 Å². The molecule has 1 heterocycles. The van der Waals surface area contributed by atoms with Crippen molar-refractivity contribution in [2.45, 2.75) is 13.8 Å². The highest BCUT2D eigenvalue weighted by Crippen LogP contribution is 2.31. The minimum Gasteiger partial charge on any atom is -0.453 e. The zero-order valence-electron chi connectivity index (χ0n) is 12.3. The highest BCUT2D eigenvalue weighted by Gasteiger charge is 2.13. The van der Waals surface area contributed by atoms with E-state index < -0.39 is 0 Å². The van der Waals surface area contributed by atoms with Crippen molar-refractivity contribution in [3.63, 3.8) is 0 Å². The zero-order chi connectivity index (χ0) is 15.7. The Kier molecular flexibility index (Phi) is 4.23. The van der Waals surface area contributed by atoms with Gasteiger partial charge in [0.05, 0.1) is 21.1 Å². The second kappa shape index (κ2) is 6.15. The molecule has 0 fully saturated rings. The summed E-state index contributed by atoms with van der Waals surface area (Å²) in [5, 5.41) is 5.08. The van der Waals surface area contributed by atoms with Gasteiger partial charge < -0.3 is 9.73 Å². The van der Waals surface area contributed by atoms with Gasteiger partial charge >= 0.3 is 0 Å². The van der Waals surface area contributed by atoms with Crippen LogP contribution >= 0.6 is 23.2 Å². The van der Waals surface area contributed by atoms with E-state index in [2.05, 4.69) is 15.3 Å². The third-order valence-electron chi connectivity index (χ3n) is 3.23. The van der Waals surface area contributed by atoms with Crippen LogP contribution in [0.15, 0.2) is 33.7 Å². The van der Waals surface area contributed by atoms with Crippen molar-refractivity contribution in [1.29, 1.82) is 0 Å². The SMILES string of the molecule is CC/N=c1/cc2oc3cc(NCC)c(Cl)cc3nc-2cc1Cl. The lowest BCUT2D eigenvalue weighted by Crippen LogP contribution is -2.06. The maximum Gasteiger partial charge on any atom is 0.155 e. The quantitative estimate of drug-likeness (QED) is 0.712. The molecule has 22 heavy (non-hydrogen) atoms. The largest absolute Gasteiger partial charge is 0.453 e. The number of nitrogens with one attached hydrogen (secondary N) is 1. The summed E-state index contributed by atoms with van der Waals surface area (Å²) >= 11 is 12.5. The summed E-state index contributed by atoms with van der Waals surface area (Å²) in [6.45, 7) is 5.41. The number of anilines is 1. The molecule has 0 saturated carbocycles. The van der Waals surface area contributed by atoms with Crippen LogP contribution in [0.1, 0.15) is 13.8 Å². The second-order valence-electron chi connectivity index (χ2n) is 4.79. The molecule has 0 spiro atoms. The van der Waals surface area contributed by atoms with Crippen molar-refractivity contribution < 1.29 is 4.42 Å². The monoisotopic (exact) mass is 335 g/mol. The van der Waals surface area contributed by atoms with Gasteiger partial charge in [-0.15, -0.1) is 0 Å². The van der Waals surface area contributed by atoms with Crippen molar-refractivity contribution in [2.24, 2.45) is 4.99 Å². The smallest absolute Gasteiger partial charge is 0.155 e. The Balaban J connectivity index is 2.28. The number of benzene rings is 2. The van der Waals surface area contributed by atoms with Crippen LogP contribution in [-0.2, 0) is 0 Å². The molecule has 0 atom stereocenters. The molecule has 0 aromatic heterocycles. The molecule has 0 saturated heterocycles. The molecule has 1 aromatic rings. The molecule has 1 N–H and O–H groups in total. The third kappa shape index (κ3) is 2.76. The first-order valence-electron chi connectivity index (χ1n) is 7.10. The van der Waals surface area contributed by atoms with E-state index in [0.29, 0.717) is 44.5 Å². The maximum atomic E-state index is 6.25. The lowest BCUT2D eigenvalue weighted by atomic mass is 10.2. The van der Waals surface area contributed by atoms with E-state index in [1.165, 1.54) is 0 Å². The van der Waals surface area contributed by atoms with Gasteiger partial charge in [-0.25, -0.2) is 4.98 Å². The Morgan fingerprint density at radius 2 is 1.95 bits per heavy atom. The van der Waals surface area contributed by atoms with Gasteiger partial charge in [-0.3, -0.25) is 4.99 Å². The molecule has 1 aliphatic carbocycles. The van der Waals surface area contributed by atoms with E-state index in [1.54, 1.807) is 12.1 Å². The van der Waals surface area contributed by atoms with Crippen molar-refractivity contribution >= 4 is 40.0 Å². The fourth-order valence-corrected chi connectivity index (χ4v) is 2.72. The summed E-state index contributed by atoms with van der Waals surface area (Å²) in [4.78, 5) is 8.91. The van der Waals surface area contributed by atoms with Gasteiger partial charge in [0.15, 0.2) is 11.3 Å². The van der Waals surface area contributed by atoms with Crippen LogP contribution in [0.4, 0.5) is 5.69 Å². The van der Waals surface area contributed by atoms with Crippen molar-refractivity contribution in [3.05, 3.63) is 39.7 Å². The molecule has 0 amide bonds. The summed E-state index contributed by atoms with van der Waals surface area (Å²) in [5.74, 6) is 0.647. The fraction of sp³-hybridized carbons (Fsp3) is 0.250. The third-order valence-corrected chi connectivity index (χ3v) is 3.85. The fourth-order valence-electron chi connectivity index (χ4n) is 2.28. The molecular weight excluding hydrogens is 321 g/mol. The van der Waals surface area contributed by atoms with E-state index in [4.69, 9.17) is 27.6 Å². The zero-order valence-corrected chi connectivity index (χ0v) is 13.8. The Morgan fingerprint density at radius 1 is 1.14 bits per heavy atom. The summed E-state index contributed by atoms with van der Waals surface area (Å²) in [5.41, 5.74) is 2.86. The summed E-state index contributed by atoms with van der Waals surface area (Å²) < 4.78 is 5.95. The molecule has 1 aliphatic heterocycles. The van der Waals surface area contributed by atoms with E-state index >= 15 is 0 Å². The molecule has 4 nitrogen and oxygen atoms in total. The van der Waals surface area contributed by atoms with Gasteiger partial charge in [-0.2, -0.15) is 0 Å². The number of nitrogens with zero attached hydrogens (tertiary/aromatic N) is 2. The minimum atomic E-state index is 0.562. The minimum absolute atomic E-state index is 0.562. The van der Waals surface area contributed by atoms with E-state index in [0.717, 1.165) is 12.2 Å². The van der Waals surface area contributed by atoms with Gasteiger partial charge in [-0.1, -0.05) is 23.2 Å². The van der Waals surface area contributed by atoms with Crippen LogP contribution in [0.25, 0.3) is 22.6 Å². The van der Waals surface area contributed by atoms with Crippen molar-refractivity contribution in [2.75, 3.05) is 18.4 Å². The molecule has 1 aromatic carbocycles. The molecule has 0 radical (unpaired) electrons. The van der Waals surface area contributed by atoms with E-state index in [9.17, 15) is 0 Å². The summed E-state index contributed by atoms with van der Waals surface area (Å²) in [6, 6.07) is 7.23. The van der Waals surface area contributed by atoms with Gasteiger partial charge in [0.1, 0.15) is 11.2 Å². The topological polar surface area (TPSA) is 50.4 Å². The molecule has 6 heteroatoms. The summed E-state index contributed by atoms with van der Waals surface area (Å²) in [6.07, 6.45) is 0. The average molecular weight is 336 g/mol. The molecule has 0 unspecified atom stereocenters. The standard InChI is InChI=1S/C16H15Cl2N3O/c1-3-19-11-7-15-13(5-9(11)17)21-14-6-10(18)12(20-4-2)8-16(14)22-15/h5-8,19H,3-4H2,1-2H3/b20-12-. The Morgan fingerprint density at radius 3 is 2.68 bits per heavy atom. The lowest BCUT2D eigenvalue weighted by Gasteiger charge is -2.10. The Hall–Kier alpha value is -1.78. The van der Waals surface area contributed by atoms with Gasteiger partial charge in [0.25, 0.3) is 0 Å². The number of halogens is 2. The number of rotatable bonds is 3. The molecule has 2 aliphatic rings. The van der Waals surface area contributed by atoms with Crippen LogP contribution in [-0.4, -0.2) is 18.1 Å². The first-order chi connectivity index (χ1) is 10.6. The van der Waals surface area contributed by atoms with Crippen LogP contribution < -0.4 is 10.7 Å². The number of aromatic nitrogens is 1. The highest BCUT2D eigenvalue weighted by atomic mass is 35.5. The van der Waals surface area contributed by atoms with Crippen LogP contribution in [0, 0.1) is 0 Å². The molecule has 3 rings (SSSR count). The van der Waals surface area contributed by atoms with Crippen molar-refractivity contribution in [3.8, 4) is 11.5 Å². The van der Waals surface area contributed by atoms with Gasteiger partial charge in [0, 0.05) is 25.2 Å². The van der Waals surface area contributed by atoms with E-state index in [-0.39, 0.29) is 0 Å². The average Bonchev–Trinajstić information content (AvgIpc) is 2.48. The molecular formula is C16H15Cl2N3O. The van der Waals surface area contributed by atoms with Crippen LogP contribution in [0.5, 0.6) is 0 Å². The predicted molar refractivity (Wildman–Crippen MR) is 90.9 cm³/mol. The van der Waals surface area contributed by atoms with E-state index in [1.807, 2.05) is 26.0 Å². The second-order valence-corrected chi connectivity index (χ2v) is 5.60. The van der Waals surface area contributed by atoms with Crippen LogP contribution in [0.2, 0.25) is 10.0 Å².